The van der Waals surface area contributed by atoms with Crippen LogP contribution in [-0.2, 0) is 4.74 Å². The minimum atomic E-state index is -1.65. The Hall–Kier alpha value is 0.430. The van der Waals surface area contributed by atoms with Gasteiger partial charge in [0.25, 0.3) is 0 Å². The second-order valence-corrected chi connectivity index (χ2v) is 3.69. The predicted octanol–water partition coefficient (Wildman–Crippen LogP) is 2.47. The van der Waals surface area contributed by atoms with Crippen LogP contribution in [-0.4, -0.2) is 21.7 Å². The van der Waals surface area contributed by atoms with Gasteiger partial charge in [-0.3, -0.25) is 0 Å². The fourth-order valence-electron chi connectivity index (χ4n) is 0.144. The standard InChI is InChI=1S/C3H3Cl3O3.ClH/c4-3(5,6)1-9-2(7)8;/h1H2,(H,7,8);1H. The molecule has 0 aliphatic carbocycles. The quantitative estimate of drug-likeness (QED) is 0.555. The van der Waals surface area contributed by atoms with Crippen molar-refractivity contribution < 1.29 is 14.6 Å². The number of carbonyl (C=O) groups is 1. The van der Waals surface area contributed by atoms with Crippen LogP contribution in [0.4, 0.5) is 4.79 Å². The zero-order chi connectivity index (χ0) is 7.49. The van der Waals surface area contributed by atoms with Gasteiger partial charge in [-0.25, -0.2) is 4.79 Å². The van der Waals surface area contributed by atoms with Crippen molar-refractivity contribution in [3.63, 3.8) is 0 Å². The molecule has 0 unspecified atom stereocenters. The van der Waals surface area contributed by atoms with E-state index in [9.17, 15) is 4.79 Å². The minimum Gasteiger partial charge on any atom is -0.450 e. The van der Waals surface area contributed by atoms with Gasteiger partial charge >= 0.3 is 6.16 Å². The molecule has 0 atom stereocenters. The normalized spacial score (nSPS) is 9.90. The van der Waals surface area contributed by atoms with Crippen molar-refractivity contribution in [2.45, 2.75) is 3.79 Å². The zero-order valence-electron chi connectivity index (χ0n) is 4.51. The van der Waals surface area contributed by atoms with Crippen LogP contribution in [0, 0.1) is 0 Å². The molecule has 7 heteroatoms. The van der Waals surface area contributed by atoms with E-state index in [1.807, 2.05) is 0 Å². The minimum absolute atomic E-state index is 0. The number of carboxylic acid groups (broad SMARTS) is 1. The average molecular weight is 230 g/mol. The highest BCUT2D eigenvalue weighted by molar-refractivity contribution is 6.67. The summed E-state index contributed by atoms with van der Waals surface area (Å²) >= 11 is 15.4. The molecule has 0 aromatic rings. The molecular weight excluding hydrogens is 226 g/mol. The summed E-state index contributed by atoms with van der Waals surface area (Å²) in [5.41, 5.74) is 0. The lowest BCUT2D eigenvalue weighted by atomic mass is 10.8. The van der Waals surface area contributed by atoms with Crippen molar-refractivity contribution in [2.24, 2.45) is 0 Å². The summed E-state index contributed by atoms with van der Waals surface area (Å²) in [6.07, 6.45) is -1.46. The van der Waals surface area contributed by atoms with E-state index in [4.69, 9.17) is 39.9 Å². The molecule has 10 heavy (non-hydrogen) atoms. The molecule has 0 radical (unpaired) electrons. The van der Waals surface area contributed by atoms with Gasteiger partial charge < -0.3 is 9.84 Å². The van der Waals surface area contributed by atoms with Crippen molar-refractivity contribution in [3.8, 4) is 0 Å². The Labute approximate surface area is 78.6 Å². The first-order valence-electron chi connectivity index (χ1n) is 1.84. The largest absolute Gasteiger partial charge is 0.505 e. The van der Waals surface area contributed by atoms with Crippen molar-refractivity contribution in [1.82, 2.24) is 0 Å². The topological polar surface area (TPSA) is 46.5 Å². The first kappa shape index (κ1) is 13.1. The predicted molar refractivity (Wildman–Crippen MR) is 41.5 cm³/mol. The number of rotatable bonds is 1. The monoisotopic (exact) mass is 228 g/mol. The van der Waals surface area contributed by atoms with Crippen LogP contribution in [0.3, 0.4) is 0 Å². The van der Waals surface area contributed by atoms with Gasteiger partial charge in [0.1, 0.15) is 6.61 Å². The van der Waals surface area contributed by atoms with Crippen molar-refractivity contribution in [1.29, 1.82) is 0 Å². The van der Waals surface area contributed by atoms with Crippen LogP contribution in [0.5, 0.6) is 0 Å². The number of hydrogen-bond acceptors (Lipinski definition) is 2. The SMILES string of the molecule is Cl.O=C(O)OCC(Cl)(Cl)Cl. The maximum Gasteiger partial charge on any atom is 0.505 e. The Morgan fingerprint density at radius 1 is 1.50 bits per heavy atom. The maximum absolute atomic E-state index is 9.65. The van der Waals surface area contributed by atoms with Crippen LogP contribution in [0.2, 0.25) is 0 Å². The van der Waals surface area contributed by atoms with E-state index in [0.29, 0.717) is 0 Å². The summed E-state index contributed by atoms with van der Waals surface area (Å²) in [5, 5.41) is 7.88. The third-order valence-corrected chi connectivity index (χ3v) is 0.687. The molecule has 0 saturated heterocycles. The van der Waals surface area contributed by atoms with E-state index < -0.39 is 16.6 Å². The van der Waals surface area contributed by atoms with Gasteiger partial charge in [-0.05, 0) is 0 Å². The number of alkyl halides is 3. The van der Waals surface area contributed by atoms with Crippen LogP contribution in [0.1, 0.15) is 0 Å². The lowest BCUT2D eigenvalue weighted by Crippen LogP contribution is -2.15. The second-order valence-electron chi connectivity index (χ2n) is 1.17. The smallest absolute Gasteiger partial charge is 0.450 e. The Balaban J connectivity index is 0. The Morgan fingerprint density at radius 3 is 2.00 bits per heavy atom. The molecule has 0 aromatic heterocycles. The van der Waals surface area contributed by atoms with Crippen LogP contribution in [0.15, 0.2) is 0 Å². The van der Waals surface area contributed by atoms with Gasteiger partial charge in [0.2, 0.25) is 3.79 Å². The number of hydrogen-bond donors (Lipinski definition) is 1. The van der Waals surface area contributed by atoms with Crippen LogP contribution in [0.25, 0.3) is 0 Å². The molecule has 0 heterocycles. The molecule has 1 N–H and O–H groups in total. The summed E-state index contributed by atoms with van der Waals surface area (Å²) in [4.78, 5) is 9.65. The molecule has 0 aliphatic rings. The fourth-order valence-corrected chi connectivity index (χ4v) is 0.307. The molecule has 3 nitrogen and oxygen atoms in total. The average Bonchev–Trinajstić information content (AvgIpc) is 1.59. The van der Waals surface area contributed by atoms with Gasteiger partial charge in [0.15, 0.2) is 0 Å². The van der Waals surface area contributed by atoms with Gasteiger partial charge in [0, 0.05) is 0 Å². The van der Waals surface area contributed by atoms with E-state index >= 15 is 0 Å². The van der Waals surface area contributed by atoms with Crippen molar-refractivity contribution in [3.05, 3.63) is 0 Å². The van der Waals surface area contributed by atoms with Gasteiger partial charge in [-0.2, -0.15) is 0 Å². The first-order chi connectivity index (χ1) is 3.92. The lowest BCUT2D eigenvalue weighted by molar-refractivity contribution is 0.0934. The molecule has 0 amide bonds. The van der Waals surface area contributed by atoms with Crippen molar-refractivity contribution in [2.75, 3.05) is 6.61 Å². The summed E-state index contributed by atoms with van der Waals surface area (Å²) in [6, 6.07) is 0. The third kappa shape index (κ3) is 11.3. The van der Waals surface area contributed by atoms with E-state index in [2.05, 4.69) is 4.74 Å². The Bertz CT molecular complexity index is 109. The fraction of sp³-hybridized carbons (Fsp3) is 0.667. The molecule has 0 aromatic carbocycles. The molecule has 0 saturated carbocycles. The van der Waals surface area contributed by atoms with Crippen molar-refractivity contribution >= 4 is 53.4 Å². The number of ether oxygens (including phenoxy) is 1. The van der Waals surface area contributed by atoms with Gasteiger partial charge in [-0.15, -0.1) is 12.4 Å². The number of halogens is 4. The van der Waals surface area contributed by atoms with E-state index in [1.165, 1.54) is 0 Å². The third-order valence-electron chi connectivity index (χ3n) is 0.359. The second kappa shape index (κ2) is 5.13. The summed E-state index contributed by atoms with van der Waals surface area (Å²) in [5.74, 6) is 0. The maximum atomic E-state index is 9.65. The molecule has 0 aliphatic heterocycles. The molecule has 0 fully saturated rings. The summed E-state index contributed by atoms with van der Waals surface area (Å²) < 4.78 is 2.27. The highest BCUT2D eigenvalue weighted by atomic mass is 35.6. The molecule has 0 rings (SSSR count). The first-order valence-corrected chi connectivity index (χ1v) is 2.97. The Kier molecular flexibility index (Phi) is 6.69. The van der Waals surface area contributed by atoms with Gasteiger partial charge in [-0.1, -0.05) is 34.8 Å². The van der Waals surface area contributed by atoms with E-state index in [0.717, 1.165) is 0 Å². The highest BCUT2D eigenvalue weighted by Crippen LogP contribution is 2.25. The Morgan fingerprint density at radius 2 is 1.90 bits per heavy atom. The summed E-state index contributed by atoms with van der Waals surface area (Å²) in [6.45, 7) is -0.451. The zero-order valence-corrected chi connectivity index (χ0v) is 7.60. The molecule has 0 spiro atoms. The lowest BCUT2D eigenvalue weighted by Gasteiger charge is -2.07. The van der Waals surface area contributed by atoms with E-state index in [1.54, 1.807) is 0 Å². The van der Waals surface area contributed by atoms with Crippen LogP contribution >= 0.6 is 47.2 Å². The highest BCUT2D eigenvalue weighted by Gasteiger charge is 2.21. The van der Waals surface area contributed by atoms with E-state index in [-0.39, 0.29) is 12.4 Å². The summed E-state index contributed by atoms with van der Waals surface area (Å²) in [7, 11) is 0. The molecular formula is C3H4Cl4O3. The molecule has 0 bridgehead atoms. The van der Waals surface area contributed by atoms with Crippen LogP contribution < -0.4 is 0 Å². The molecule has 62 valence electrons. The van der Waals surface area contributed by atoms with Gasteiger partial charge in [0.05, 0.1) is 0 Å².